The molecular formula is C18H18N2O9S2. The Bertz CT molecular complexity index is 1210. The maximum absolute atomic E-state index is 12.9. The van der Waals surface area contributed by atoms with Gasteiger partial charge >= 0.3 is 5.97 Å². The van der Waals surface area contributed by atoms with Gasteiger partial charge in [0.2, 0.25) is 10.0 Å². The van der Waals surface area contributed by atoms with Gasteiger partial charge in [0.15, 0.2) is 0 Å². The minimum Gasteiger partial charge on any atom is -0.480 e. The number of nitro groups is 1. The van der Waals surface area contributed by atoms with Gasteiger partial charge in [0.05, 0.1) is 20.8 Å². The fourth-order valence-corrected chi connectivity index (χ4v) is 5.85. The summed E-state index contributed by atoms with van der Waals surface area (Å²) in [6.07, 6.45) is -1.63. The smallest absolute Gasteiger partial charge is 0.322 e. The van der Waals surface area contributed by atoms with Crippen LogP contribution in [0.25, 0.3) is 0 Å². The molecule has 0 amide bonds. The van der Waals surface area contributed by atoms with Crippen LogP contribution in [-0.2, 0) is 29.1 Å². The molecule has 0 saturated carbocycles. The van der Waals surface area contributed by atoms with Gasteiger partial charge in [0, 0.05) is 25.1 Å². The molecule has 11 nitrogen and oxygen atoms in total. The van der Waals surface area contributed by atoms with Gasteiger partial charge in [0.1, 0.15) is 6.04 Å². The highest BCUT2D eigenvalue weighted by molar-refractivity contribution is 7.89. The molecule has 3 rings (SSSR count). The van der Waals surface area contributed by atoms with Crippen molar-refractivity contribution in [3.63, 3.8) is 0 Å². The van der Waals surface area contributed by atoms with E-state index in [0.717, 1.165) is 29.8 Å². The topological polar surface area (TPSA) is 161 Å². The Kier molecular flexibility index (Phi) is 6.14. The number of hydrogen-bond acceptors (Lipinski definition) is 8. The summed E-state index contributed by atoms with van der Waals surface area (Å²) >= 11 is 0. The average molecular weight is 470 g/mol. The van der Waals surface area contributed by atoms with Crippen LogP contribution in [0.15, 0.2) is 58.3 Å². The second-order valence-corrected chi connectivity index (χ2v) is 10.4. The van der Waals surface area contributed by atoms with Crippen molar-refractivity contribution in [1.82, 2.24) is 4.31 Å². The Balaban J connectivity index is 1.85. The van der Waals surface area contributed by atoms with Gasteiger partial charge in [-0.3, -0.25) is 19.1 Å². The number of carbonyl (C=O) groups is 1. The van der Waals surface area contributed by atoms with Gasteiger partial charge in [-0.05, 0) is 31.2 Å². The van der Waals surface area contributed by atoms with Crippen LogP contribution in [0.4, 0.5) is 5.69 Å². The lowest BCUT2D eigenvalue weighted by molar-refractivity contribution is -0.384. The minimum absolute atomic E-state index is 0.122. The standard InChI is InChI=1S/C18H18N2O9S2/c1-12-2-6-15(7-3-12)30(25,26)19-11-14(10-17(19)18(21)22)29-31(27,28)16-8-4-13(5-9-16)20(23)24/h2-9,14,17H,10-11H2,1H3,(H,21,22)/t14?,17-/m0/s1. The summed E-state index contributed by atoms with van der Waals surface area (Å²) in [6.45, 7) is 1.28. The fraction of sp³-hybridized carbons (Fsp3) is 0.278. The lowest BCUT2D eigenvalue weighted by Crippen LogP contribution is -2.40. The summed E-state index contributed by atoms with van der Waals surface area (Å²) in [5.74, 6) is -1.44. The van der Waals surface area contributed by atoms with E-state index in [9.17, 15) is 36.9 Å². The van der Waals surface area contributed by atoms with Crippen LogP contribution in [0.5, 0.6) is 0 Å². The van der Waals surface area contributed by atoms with Gasteiger partial charge in [0.25, 0.3) is 15.8 Å². The zero-order chi connectivity index (χ0) is 23.0. The monoisotopic (exact) mass is 470 g/mol. The summed E-state index contributed by atoms with van der Waals surface area (Å²) in [6, 6.07) is 8.23. The van der Waals surface area contributed by atoms with E-state index in [0.29, 0.717) is 4.31 Å². The molecule has 0 aliphatic carbocycles. The van der Waals surface area contributed by atoms with Crippen molar-refractivity contribution >= 4 is 31.8 Å². The lowest BCUT2D eigenvalue weighted by atomic mass is 10.2. The molecule has 2 atom stereocenters. The van der Waals surface area contributed by atoms with Crippen LogP contribution < -0.4 is 0 Å². The van der Waals surface area contributed by atoms with Crippen molar-refractivity contribution < 1.29 is 35.8 Å². The number of carboxylic acids is 1. The molecular weight excluding hydrogens is 452 g/mol. The van der Waals surface area contributed by atoms with Crippen LogP contribution in [0.1, 0.15) is 12.0 Å². The van der Waals surface area contributed by atoms with Crippen LogP contribution in [0, 0.1) is 17.0 Å². The molecule has 1 aliphatic rings. The van der Waals surface area contributed by atoms with Gasteiger partial charge in [-0.15, -0.1) is 0 Å². The number of nitro benzene ring substituents is 1. The van der Waals surface area contributed by atoms with Gasteiger partial charge < -0.3 is 5.11 Å². The molecule has 0 bridgehead atoms. The minimum atomic E-state index is -4.41. The molecule has 1 heterocycles. The quantitative estimate of drug-likeness (QED) is 0.359. The second-order valence-electron chi connectivity index (χ2n) is 6.90. The molecule has 2 aromatic rings. The molecule has 31 heavy (non-hydrogen) atoms. The largest absolute Gasteiger partial charge is 0.480 e. The SMILES string of the molecule is Cc1ccc(S(=O)(=O)N2CC(OS(=O)(=O)c3ccc([N+](=O)[O-])cc3)C[C@H]2C(=O)O)cc1. The number of benzene rings is 2. The number of aryl methyl sites for hydroxylation is 1. The van der Waals surface area contributed by atoms with E-state index in [4.69, 9.17) is 4.18 Å². The number of sulfonamides is 1. The molecule has 0 spiro atoms. The van der Waals surface area contributed by atoms with Crippen LogP contribution >= 0.6 is 0 Å². The van der Waals surface area contributed by atoms with E-state index in [-0.39, 0.29) is 21.9 Å². The van der Waals surface area contributed by atoms with Gasteiger partial charge in [-0.2, -0.15) is 12.7 Å². The predicted molar refractivity (Wildman–Crippen MR) is 106 cm³/mol. The van der Waals surface area contributed by atoms with Crippen LogP contribution in [0.3, 0.4) is 0 Å². The Hall–Kier alpha value is -2.87. The van der Waals surface area contributed by atoms with Crippen molar-refractivity contribution in [3.8, 4) is 0 Å². The van der Waals surface area contributed by atoms with Gasteiger partial charge in [-0.25, -0.2) is 8.42 Å². The number of non-ortho nitro benzene ring substituents is 1. The second kappa shape index (κ2) is 8.34. The zero-order valence-electron chi connectivity index (χ0n) is 16.1. The number of aliphatic carboxylic acids is 1. The Morgan fingerprint density at radius 3 is 2.13 bits per heavy atom. The third kappa shape index (κ3) is 4.74. The van der Waals surface area contributed by atoms with E-state index in [1.54, 1.807) is 19.1 Å². The summed E-state index contributed by atoms with van der Waals surface area (Å²) in [5, 5.41) is 20.2. The summed E-state index contributed by atoms with van der Waals surface area (Å²) in [4.78, 5) is 21.2. The molecule has 13 heteroatoms. The molecule has 1 saturated heterocycles. The zero-order valence-corrected chi connectivity index (χ0v) is 17.7. The third-order valence-electron chi connectivity index (χ3n) is 4.73. The average Bonchev–Trinajstić information content (AvgIpc) is 3.13. The van der Waals surface area contributed by atoms with E-state index in [2.05, 4.69) is 0 Å². The molecule has 2 aromatic carbocycles. The Morgan fingerprint density at radius 2 is 1.61 bits per heavy atom. The predicted octanol–water partition coefficient (Wildman–Crippen LogP) is 1.52. The highest BCUT2D eigenvalue weighted by Crippen LogP contribution is 2.30. The number of hydrogen-bond donors (Lipinski definition) is 1. The highest BCUT2D eigenvalue weighted by Gasteiger charge is 2.46. The normalized spacial score (nSPS) is 19.9. The van der Waals surface area contributed by atoms with Crippen LogP contribution in [-0.4, -0.2) is 55.8 Å². The molecule has 0 aromatic heterocycles. The Labute approximate surface area is 178 Å². The molecule has 1 unspecified atom stereocenters. The van der Waals surface area contributed by atoms with E-state index >= 15 is 0 Å². The van der Waals surface area contributed by atoms with Crippen molar-refractivity contribution in [3.05, 3.63) is 64.2 Å². The molecule has 166 valence electrons. The molecule has 0 radical (unpaired) electrons. The highest BCUT2D eigenvalue weighted by atomic mass is 32.2. The van der Waals surface area contributed by atoms with E-state index in [1.165, 1.54) is 12.1 Å². The molecule has 1 fully saturated rings. The first kappa shape index (κ1) is 22.8. The van der Waals surface area contributed by atoms with Crippen molar-refractivity contribution in [1.29, 1.82) is 0 Å². The number of rotatable bonds is 7. The van der Waals surface area contributed by atoms with Gasteiger partial charge in [-0.1, -0.05) is 17.7 Å². The maximum Gasteiger partial charge on any atom is 0.322 e. The number of nitrogens with zero attached hydrogens (tertiary/aromatic N) is 2. The van der Waals surface area contributed by atoms with Crippen molar-refractivity contribution in [2.45, 2.75) is 35.3 Å². The lowest BCUT2D eigenvalue weighted by Gasteiger charge is -2.20. The summed E-state index contributed by atoms with van der Waals surface area (Å²) in [7, 11) is -8.63. The van der Waals surface area contributed by atoms with Crippen molar-refractivity contribution in [2.75, 3.05) is 6.54 Å². The first-order chi connectivity index (χ1) is 14.4. The Morgan fingerprint density at radius 1 is 1.06 bits per heavy atom. The van der Waals surface area contributed by atoms with Crippen molar-refractivity contribution in [2.24, 2.45) is 0 Å². The molecule has 1 N–H and O–H groups in total. The van der Waals surface area contributed by atoms with Crippen LogP contribution in [0.2, 0.25) is 0 Å². The molecule has 1 aliphatic heterocycles. The van der Waals surface area contributed by atoms with E-state index < -0.39 is 49.7 Å². The fourth-order valence-electron chi connectivity index (χ4n) is 3.14. The number of carboxylic acid groups (broad SMARTS) is 1. The summed E-state index contributed by atoms with van der Waals surface area (Å²) < 4.78 is 56.7. The first-order valence-corrected chi connectivity index (χ1v) is 11.8. The third-order valence-corrected chi connectivity index (χ3v) is 7.99. The summed E-state index contributed by atoms with van der Waals surface area (Å²) in [5.41, 5.74) is 0.492. The van der Waals surface area contributed by atoms with E-state index in [1.807, 2.05) is 0 Å². The first-order valence-electron chi connectivity index (χ1n) is 8.91. The maximum atomic E-state index is 12.9.